The lowest BCUT2D eigenvalue weighted by Gasteiger charge is -2.35. The first-order valence-electron chi connectivity index (χ1n) is 8.64. The van der Waals surface area contributed by atoms with Crippen molar-refractivity contribution < 1.29 is 9.47 Å². The number of nitrogens with zero attached hydrogens (tertiary/aromatic N) is 2. The van der Waals surface area contributed by atoms with Crippen LogP contribution in [0.2, 0.25) is 0 Å². The van der Waals surface area contributed by atoms with Gasteiger partial charge in [-0.15, -0.1) is 0 Å². The SMILES string of the molecule is c1ccc(OCCCN2CCN(CC3CCCO3)CC2)cc1. The maximum absolute atomic E-state index is 5.75. The molecule has 0 bridgehead atoms. The van der Waals surface area contributed by atoms with Crippen LogP contribution in [-0.2, 0) is 4.74 Å². The van der Waals surface area contributed by atoms with Crippen LogP contribution in [0.3, 0.4) is 0 Å². The highest BCUT2D eigenvalue weighted by Crippen LogP contribution is 2.14. The van der Waals surface area contributed by atoms with Crippen molar-refractivity contribution in [3.8, 4) is 5.75 Å². The summed E-state index contributed by atoms with van der Waals surface area (Å²) in [7, 11) is 0. The monoisotopic (exact) mass is 304 g/mol. The normalized spacial score (nSPS) is 23.7. The molecule has 2 saturated heterocycles. The van der Waals surface area contributed by atoms with E-state index in [1.165, 1.54) is 39.0 Å². The van der Waals surface area contributed by atoms with Gasteiger partial charge >= 0.3 is 0 Å². The molecule has 2 aliphatic heterocycles. The van der Waals surface area contributed by atoms with Crippen molar-refractivity contribution in [1.29, 1.82) is 0 Å². The van der Waals surface area contributed by atoms with Crippen LogP contribution < -0.4 is 4.74 Å². The molecule has 1 unspecified atom stereocenters. The maximum atomic E-state index is 5.75. The molecule has 0 amide bonds. The smallest absolute Gasteiger partial charge is 0.119 e. The third kappa shape index (κ3) is 4.97. The minimum absolute atomic E-state index is 0.492. The minimum Gasteiger partial charge on any atom is -0.494 e. The molecule has 0 aromatic heterocycles. The fraction of sp³-hybridized carbons (Fsp3) is 0.667. The van der Waals surface area contributed by atoms with Crippen LogP contribution in [0, 0.1) is 0 Å². The Morgan fingerprint density at radius 2 is 1.82 bits per heavy atom. The van der Waals surface area contributed by atoms with Crippen LogP contribution in [-0.4, -0.2) is 68.4 Å². The Bertz CT molecular complexity index is 412. The highest BCUT2D eigenvalue weighted by Gasteiger charge is 2.22. The number of hydrogen-bond acceptors (Lipinski definition) is 4. The van der Waals surface area contributed by atoms with E-state index in [1.807, 2.05) is 30.3 Å². The third-order valence-corrected chi connectivity index (χ3v) is 4.58. The second-order valence-corrected chi connectivity index (χ2v) is 6.29. The molecule has 4 nitrogen and oxygen atoms in total. The van der Waals surface area contributed by atoms with E-state index in [0.717, 1.165) is 38.5 Å². The third-order valence-electron chi connectivity index (χ3n) is 4.58. The van der Waals surface area contributed by atoms with Crippen molar-refractivity contribution in [2.45, 2.75) is 25.4 Å². The fourth-order valence-corrected chi connectivity index (χ4v) is 3.27. The molecule has 0 radical (unpaired) electrons. The molecule has 1 atom stereocenters. The first kappa shape index (κ1) is 15.8. The number of para-hydroxylation sites is 1. The zero-order valence-corrected chi connectivity index (χ0v) is 13.5. The zero-order chi connectivity index (χ0) is 15.0. The van der Waals surface area contributed by atoms with Crippen molar-refractivity contribution in [2.75, 3.05) is 52.5 Å². The number of ether oxygens (including phenoxy) is 2. The van der Waals surface area contributed by atoms with Gasteiger partial charge in [-0.25, -0.2) is 0 Å². The van der Waals surface area contributed by atoms with Crippen LogP contribution in [0.15, 0.2) is 30.3 Å². The molecule has 0 aliphatic carbocycles. The molecule has 1 aromatic carbocycles. The minimum atomic E-state index is 0.492. The number of hydrogen-bond donors (Lipinski definition) is 0. The first-order chi connectivity index (χ1) is 10.9. The fourth-order valence-electron chi connectivity index (χ4n) is 3.27. The van der Waals surface area contributed by atoms with Gasteiger partial charge in [0, 0.05) is 45.9 Å². The molecular formula is C18H28N2O2. The molecule has 22 heavy (non-hydrogen) atoms. The second kappa shape index (κ2) is 8.51. The van der Waals surface area contributed by atoms with Gasteiger partial charge in [-0.3, -0.25) is 4.90 Å². The lowest BCUT2D eigenvalue weighted by atomic mass is 10.2. The summed E-state index contributed by atoms with van der Waals surface area (Å²) < 4.78 is 11.5. The summed E-state index contributed by atoms with van der Waals surface area (Å²) in [6.45, 7) is 8.76. The molecule has 4 heteroatoms. The average Bonchev–Trinajstić information content (AvgIpc) is 3.07. The lowest BCUT2D eigenvalue weighted by molar-refractivity contribution is 0.0495. The van der Waals surface area contributed by atoms with E-state index >= 15 is 0 Å². The standard InChI is InChI=1S/C18H28N2O2/c1-2-6-17(7-3-1)21-15-5-9-19-10-12-20(13-11-19)16-18-8-4-14-22-18/h1-3,6-7,18H,4-5,8-16H2. The van der Waals surface area contributed by atoms with E-state index < -0.39 is 0 Å². The molecule has 0 saturated carbocycles. The Morgan fingerprint density at radius 3 is 2.55 bits per heavy atom. The Balaban J connectivity index is 1.26. The Hall–Kier alpha value is -1.10. The molecule has 0 spiro atoms. The molecule has 2 aliphatic rings. The van der Waals surface area contributed by atoms with Crippen molar-refractivity contribution in [1.82, 2.24) is 9.80 Å². The second-order valence-electron chi connectivity index (χ2n) is 6.29. The Labute approximate surface area is 134 Å². The Kier molecular flexibility index (Phi) is 6.11. The molecule has 2 fully saturated rings. The van der Waals surface area contributed by atoms with Crippen LogP contribution in [0.5, 0.6) is 5.75 Å². The van der Waals surface area contributed by atoms with Crippen molar-refractivity contribution in [3.63, 3.8) is 0 Å². The van der Waals surface area contributed by atoms with Gasteiger partial charge < -0.3 is 14.4 Å². The van der Waals surface area contributed by atoms with Crippen LogP contribution in [0.25, 0.3) is 0 Å². The van der Waals surface area contributed by atoms with Crippen LogP contribution in [0.4, 0.5) is 0 Å². The lowest BCUT2D eigenvalue weighted by Crippen LogP contribution is -2.48. The van der Waals surface area contributed by atoms with Gasteiger partial charge in [-0.1, -0.05) is 18.2 Å². The maximum Gasteiger partial charge on any atom is 0.119 e. The van der Waals surface area contributed by atoms with Crippen molar-refractivity contribution >= 4 is 0 Å². The highest BCUT2D eigenvalue weighted by molar-refractivity contribution is 5.20. The molecule has 0 N–H and O–H groups in total. The van der Waals surface area contributed by atoms with Gasteiger partial charge in [0.25, 0.3) is 0 Å². The van der Waals surface area contributed by atoms with E-state index in [9.17, 15) is 0 Å². The topological polar surface area (TPSA) is 24.9 Å². The zero-order valence-electron chi connectivity index (χ0n) is 13.5. The summed E-state index contributed by atoms with van der Waals surface area (Å²) in [5.74, 6) is 0.976. The van der Waals surface area contributed by atoms with Gasteiger partial charge in [-0.2, -0.15) is 0 Å². The average molecular weight is 304 g/mol. The predicted octanol–water partition coefficient (Wildman–Crippen LogP) is 2.25. The number of rotatable bonds is 7. The first-order valence-corrected chi connectivity index (χ1v) is 8.64. The van der Waals surface area contributed by atoms with Gasteiger partial charge in [0.1, 0.15) is 5.75 Å². The van der Waals surface area contributed by atoms with Gasteiger partial charge in [0.15, 0.2) is 0 Å². The summed E-state index contributed by atoms with van der Waals surface area (Å²) in [5.41, 5.74) is 0. The Morgan fingerprint density at radius 1 is 1.05 bits per heavy atom. The number of piperazine rings is 1. The van der Waals surface area contributed by atoms with Gasteiger partial charge in [0.2, 0.25) is 0 Å². The molecule has 122 valence electrons. The van der Waals surface area contributed by atoms with E-state index in [2.05, 4.69) is 9.80 Å². The van der Waals surface area contributed by atoms with E-state index in [-0.39, 0.29) is 0 Å². The largest absolute Gasteiger partial charge is 0.494 e. The van der Waals surface area contributed by atoms with Crippen LogP contribution >= 0.6 is 0 Å². The van der Waals surface area contributed by atoms with E-state index in [0.29, 0.717) is 6.10 Å². The van der Waals surface area contributed by atoms with Crippen LogP contribution in [0.1, 0.15) is 19.3 Å². The highest BCUT2D eigenvalue weighted by atomic mass is 16.5. The summed E-state index contributed by atoms with van der Waals surface area (Å²) in [5, 5.41) is 0. The summed E-state index contributed by atoms with van der Waals surface area (Å²) in [6, 6.07) is 10.1. The van der Waals surface area contributed by atoms with E-state index in [1.54, 1.807) is 0 Å². The van der Waals surface area contributed by atoms with Gasteiger partial charge in [0.05, 0.1) is 12.7 Å². The summed E-state index contributed by atoms with van der Waals surface area (Å²) in [4.78, 5) is 5.12. The molecule has 3 rings (SSSR count). The summed E-state index contributed by atoms with van der Waals surface area (Å²) in [6.07, 6.45) is 4.08. The molecule has 1 aromatic rings. The van der Waals surface area contributed by atoms with E-state index in [4.69, 9.17) is 9.47 Å². The predicted molar refractivity (Wildman–Crippen MR) is 88.4 cm³/mol. The van der Waals surface area contributed by atoms with Crippen molar-refractivity contribution in [2.24, 2.45) is 0 Å². The number of benzene rings is 1. The van der Waals surface area contributed by atoms with Crippen molar-refractivity contribution in [3.05, 3.63) is 30.3 Å². The molecule has 2 heterocycles. The molecular weight excluding hydrogens is 276 g/mol. The summed E-state index contributed by atoms with van der Waals surface area (Å²) >= 11 is 0. The quantitative estimate of drug-likeness (QED) is 0.721. The van der Waals surface area contributed by atoms with Gasteiger partial charge in [-0.05, 0) is 31.4 Å².